The number of halogens is 1. The van der Waals surface area contributed by atoms with Gasteiger partial charge in [0, 0.05) is 46.4 Å². The van der Waals surface area contributed by atoms with E-state index in [0.717, 1.165) is 26.4 Å². The number of benzene rings is 2. The SMILES string of the molecule is Cn1c(Sc2ccc(Cl)cc2)c(/C=C2/SC(=S)N(CCCC(=O)O)C2=O)c2ccccc21. The molecule has 9 heteroatoms. The number of carbonyl (C=O) groups is 2. The normalized spacial score (nSPS) is 15.3. The second kappa shape index (κ2) is 9.70. The number of nitrogens with zero attached hydrogens (tertiary/aromatic N) is 2. The summed E-state index contributed by atoms with van der Waals surface area (Å²) in [5, 5.41) is 11.6. The van der Waals surface area contributed by atoms with Crippen molar-refractivity contribution in [3.8, 4) is 0 Å². The van der Waals surface area contributed by atoms with Gasteiger partial charge in [-0.1, -0.05) is 65.5 Å². The number of hydrogen-bond donors (Lipinski definition) is 1. The van der Waals surface area contributed by atoms with E-state index in [1.54, 1.807) is 11.8 Å². The molecular formula is C23H19ClN2O3S3. The molecule has 1 aliphatic heterocycles. The lowest BCUT2D eigenvalue weighted by atomic mass is 10.1. The van der Waals surface area contributed by atoms with Gasteiger partial charge in [0.15, 0.2) is 0 Å². The maximum atomic E-state index is 13.0. The van der Waals surface area contributed by atoms with E-state index in [0.29, 0.717) is 27.2 Å². The first-order valence-electron chi connectivity index (χ1n) is 9.83. The van der Waals surface area contributed by atoms with Crippen molar-refractivity contribution in [3.05, 3.63) is 64.0 Å². The van der Waals surface area contributed by atoms with E-state index < -0.39 is 5.97 Å². The molecule has 2 heterocycles. The van der Waals surface area contributed by atoms with Crippen LogP contribution in [0.4, 0.5) is 0 Å². The van der Waals surface area contributed by atoms with Crippen LogP contribution in [0.25, 0.3) is 17.0 Å². The van der Waals surface area contributed by atoms with Gasteiger partial charge in [0.2, 0.25) is 0 Å². The number of aromatic nitrogens is 1. The predicted octanol–water partition coefficient (Wildman–Crippen LogP) is 6.05. The van der Waals surface area contributed by atoms with Crippen LogP contribution in [0, 0.1) is 0 Å². The Morgan fingerprint density at radius 2 is 1.94 bits per heavy atom. The summed E-state index contributed by atoms with van der Waals surface area (Å²) in [5.74, 6) is -1.06. The lowest BCUT2D eigenvalue weighted by Gasteiger charge is -2.13. The van der Waals surface area contributed by atoms with Gasteiger partial charge in [-0.05, 0) is 42.8 Å². The maximum absolute atomic E-state index is 13.0. The maximum Gasteiger partial charge on any atom is 0.303 e. The van der Waals surface area contributed by atoms with Crippen LogP contribution in [-0.2, 0) is 16.6 Å². The van der Waals surface area contributed by atoms with E-state index in [2.05, 4.69) is 10.6 Å². The van der Waals surface area contributed by atoms with Crippen molar-refractivity contribution in [3.63, 3.8) is 0 Å². The molecule has 2 aromatic carbocycles. The van der Waals surface area contributed by atoms with Gasteiger partial charge in [-0.25, -0.2) is 0 Å². The summed E-state index contributed by atoms with van der Waals surface area (Å²) in [6, 6.07) is 15.7. The Morgan fingerprint density at radius 1 is 1.22 bits per heavy atom. The highest BCUT2D eigenvalue weighted by atomic mass is 35.5. The highest BCUT2D eigenvalue weighted by Gasteiger charge is 2.32. The third-order valence-corrected chi connectivity index (χ3v) is 7.86. The molecule has 4 rings (SSSR count). The molecule has 0 bridgehead atoms. The minimum absolute atomic E-state index is 0.00130. The Labute approximate surface area is 204 Å². The molecule has 32 heavy (non-hydrogen) atoms. The topological polar surface area (TPSA) is 62.5 Å². The first-order valence-corrected chi connectivity index (χ1v) is 12.2. The van der Waals surface area contributed by atoms with E-state index in [4.69, 9.17) is 28.9 Å². The first-order chi connectivity index (χ1) is 15.3. The number of thiocarbonyl (C=S) groups is 1. The van der Waals surface area contributed by atoms with Crippen molar-refractivity contribution in [2.24, 2.45) is 7.05 Å². The van der Waals surface area contributed by atoms with E-state index >= 15 is 0 Å². The highest BCUT2D eigenvalue weighted by molar-refractivity contribution is 8.26. The van der Waals surface area contributed by atoms with Crippen LogP contribution < -0.4 is 0 Å². The zero-order valence-electron chi connectivity index (χ0n) is 17.1. The summed E-state index contributed by atoms with van der Waals surface area (Å²) in [6.07, 6.45) is 2.26. The molecule has 1 N–H and O–H groups in total. The average molecular weight is 503 g/mol. The molecule has 0 aliphatic carbocycles. The Hall–Kier alpha value is -2.26. The highest BCUT2D eigenvalue weighted by Crippen LogP contribution is 2.41. The number of thioether (sulfide) groups is 1. The van der Waals surface area contributed by atoms with Gasteiger partial charge in [-0.15, -0.1) is 0 Å². The molecule has 0 radical (unpaired) electrons. The van der Waals surface area contributed by atoms with Gasteiger partial charge in [0.1, 0.15) is 4.32 Å². The van der Waals surface area contributed by atoms with E-state index in [-0.39, 0.29) is 12.3 Å². The van der Waals surface area contributed by atoms with Crippen molar-refractivity contribution in [1.29, 1.82) is 0 Å². The number of fused-ring (bicyclic) bond motifs is 1. The molecule has 1 aromatic heterocycles. The van der Waals surface area contributed by atoms with Crippen molar-refractivity contribution in [1.82, 2.24) is 9.47 Å². The molecule has 1 fully saturated rings. The summed E-state index contributed by atoms with van der Waals surface area (Å²) < 4.78 is 2.58. The molecule has 1 saturated heterocycles. The van der Waals surface area contributed by atoms with Crippen LogP contribution in [-0.4, -0.2) is 37.3 Å². The predicted molar refractivity (Wildman–Crippen MR) is 135 cm³/mol. The fourth-order valence-electron chi connectivity index (χ4n) is 3.49. The minimum Gasteiger partial charge on any atom is -0.481 e. The fraction of sp³-hybridized carbons (Fsp3) is 0.174. The smallest absolute Gasteiger partial charge is 0.303 e. The zero-order valence-corrected chi connectivity index (χ0v) is 20.3. The molecule has 0 atom stereocenters. The second-order valence-corrected chi connectivity index (χ2v) is 10.4. The van der Waals surface area contributed by atoms with Gasteiger partial charge >= 0.3 is 5.97 Å². The second-order valence-electron chi connectivity index (χ2n) is 7.18. The number of aryl methyl sites for hydroxylation is 1. The Kier molecular flexibility index (Phi) is 6.95. The number of carbonyl (C=O) groups excluding carboxylic acids is 1. The number of carboxylic acid groups (broad SMARTS) is 1. The molecule has 5 nitrogen and oxygen atoms in total. The number of carboxylic acids is 1. The lowest BCUT2D eigenvalue weighted by Crippen LogP contribution is -2.29. The van der Waals surface area contributed by atoms with Crippen molar-refractivity contribution >= 4 is 80.5 Å². The van der Waals surface area contributed by atoms with Crippen molar-refractivity contribution in [2.45, 2.75) is 22.8 Å². The molecule has 1 amide bonds. The number of para-hydroxylation sites is 1. The molecule has 0 saturated carbocycles. The lowest BCUT2D eigenvalue weighted by molar-refractivity contribution is -0.137. The number of hydrogen-bond acceptors (Lipinski definition) is 5. The van der Waals surface area contributed by atoms with Crippen LogP contribution in [0.3, 0.4) is 0 Å². The monoisotopic (exact) mass is 502 g/mol. The van der Waals surface area contributed by atoms with Gasteiger partial charge < -0.3 is 9.67 Å². The van der Waals surface area contributed by atoms with E-state index in [9.17, 15) is 9.59 Å². The summed E-state index contributed by atoms with van der Waals surface area (Å²) in [6.45, 7) is 0.302. The third kappa shape index (κ3) is 4.73. The largest absolute Gasteiger partial charge is 0.481 e. The first kappa shape index (κ1) is 22.9. The Morgan fingerprint density at radius 3 is 2.66 bits per heavy atom. The van der Waals surface area contributed by atoms with Crippen LogP contribution in [0.15, 0.2) is 63.4 Å². The van der Waals surface area contributed by atoms with Crippen LogP contribution in [0.1, 0.15) is 18.4 Å². The number of rotatable bonds is 7. The average Bonchev–Trinajstić information content (AvgIpc) is 3.18. The molecule has 0 unspecified atom stereocenters. The summed E-state index contributed by atoms with van der Waals surface area (Å²) in [4.78, 5) is 26.9. The number of amides is 1. The summed E-state index contributed by atoms with van der Waals surface area (Å²) in [5.41, 5.74) is 2.02. The summed E-state index contributed by atoms with van der Waals surface area (Å²) in [7, 11) is 2.01. The van der Waals surface area contributed by atoms with Crippen LogP contribution in [0.2, 0.25) is 5.02 Å². The van der Waals surface area contributed by atoms with E-state index in [1.165, 1.54) is 16.7 Å². The molecule has 164 valence electrons. The standard InChI is InChI=1S/C23H19ClN2O3S3/c1-25-18-6-3-2-5-16(18)17(22(25)31-15-10-8-14(24)9-11-15)13-19-21(29)26(23(30)32-19)12-4-7-20(27)28/h2-3,5-6,8-11,13H,4,7,12H2,1H3,(H,27,28)/b19-13+. The van der Waals surface area contributed by atoms with Gasteiger partial charge in [0.05, 0.1) is 9.93 Å². The Balaban J connectivity index is 1.71. The molecule has 1 aliphatic rings. The van der Waals surface area contributed by atoms with Gasteiger partial charge in [-0.3, -0.25) is 14.5 Å². The number of aliphatic carboxylic acids is 1. The van der Waals surface area contributed by atoms with Crippen molar-refractivity contribution in [2.75, 3.05) is 6.54 Å². The van der Waals surface area contributed by atoms with E-state index in [1.807, 2.05) is 55.6 Å². The van der Waals surface area contributed by atoms with Crippen LogP contribution >= 0.6 is 47.3 Å². The third-order valence-electron chi connectivity index (χ3n) is 5.04. The fourth-order valence-corrected chi connectivity index (χ4v) is 5.91. The summed E-state index contributed by atoms with van der Waals surface area (Å²) >= 11 is 14.3. The van der Waals surface area contributed by atoms with Crippen LogP contribution in [0.5, 0.6) is 0 Å². The Bertz CT molecular complexity index is 1250. The van der Waals surface area contributed by atoms with Crippen molar-refractivity contribution < 1.29 is 14.7 Å². The molecule has 3 aromatic rings. The molecule has 0 spiro atoms. The quantitative estimate of drug-likeness (QED) is 0.313. The van der Waals surface area contributed by atoms with Gasteiger partial charge in [-0.2, -0.15) is 0 Å². The minimum atomic E-state index is -0.884. The zero-order chi connectivity index (χ0) is 22.8. The van der Waals surface area contributed by atoms with Gasteiger partial charge in [0.25, 0.3) is 5.91 Å². The molecular weight excluding hydrogens is 484 g/mol.